The summed E-state index contributed by atoms with van der Waals surface area (Å²) < 4.78 is 1.87. The van der Waals surface area contributed by atoms with Crippen molar-refractivity contribution in [1.29, 1.82) is 0 Å². The van der Waals surface area contributed by atoms with E-state index in [1.807, 2.05) is 45.9 Å². The second kappa shape index (κ2) is 13.2. The first-order chi connectivity index (χ1) is 14.2. The van der Waals surface area contributed by atoms with Gasteiger partial charge in [0.25, 0.3) is 0 Å². The number of hydrazine groups is 1. The molecule has 32 heavy (non-hydrogen) atoms. The number of nitrogens with zero attached hydrogens (tertiary/aromatic N) is 8. The van der Waals surface area contributed by atoms with Crippen LogP contribution >= 0.6 is 11.6 Å². The van der Waals surface area contributed by atoms with Gasteiger partial charge in [0.15, 0.2) is 5.65 Å². The van der Waals surface area contributed by atoms with Gasteiger partial charge in [-0.15, -0.1) is 10.2 Å². The molecular formula is C21H33ClN10. The van der Waals surface area contributed by atoms with Crippen molar-refractivity contribution in [1.82, 2.24) is 39.5 Å². The Balaban J connectivity index is 0.000000439. The average Bonchev–Trinajstić information content (AvgIpc) is 3.22. The maximum Gasteiger partial charge on any atom is 0.166 e. The molecule has 0 atom stereocenters. The summed E-state index contributed by atoms with van der Waals surface area (Å²) in [4.78, 5) is 20.1. The fourth-order valence-electron chi connectivity index (χ4n) is 2.23. The third-order valence-corrected chi connectivity index (χ3v) is 4.34. The van der Waals surface area contributed by atoms with Gasteiger partial charge in [-0.25, -0.2) is 30.8 Å². The molecule has 0 aliphatic heterocycles. The molecule has 3 N–H and O–H groups in total. The molecule has 4 aromatic heterocycles. The van der Waals surface area contributed by atoms with Crippen molar-refractivity contribution in [2.45, 2.75) is 56.4 Å². The number of anilines is 1. The summed E-state index contributed by atoms with van der Waals surface area (Å²) in [5.41, 5.74) is 6.29. The largest absolute Gasteiger partial charge is 0.308 e. The monoisotopic (exact) mass is 460 g/mol. The van der Waals surface area contributed by atoms with E-state index in [1.54, 1.807) is 24.9 Å². The molecule has 174 valence electrons. The minimum absolute atomic E-state index is 0. The number of nitrogens with two attached hydrogens (primary N) is 1. The molecule has 10 nitrogen and oxygen atoms in total. The van der Waals surface area contributed by atoms with Gasteiger partial charge in [-0.2, -0.15) is 0 Å². The molecular weight excluding hydrogens is 428 g/mol. The Morgan fingerprint density at radius 1 is 0.812 bits per heavy atom. The lowest BCUT2D eigenvalue weighted by atomic mass is 10.3. The molecule has 0 amide bonds. The number of nitrogen functional groups attached to an aromatic ring is 1. The molecule has 0 spiro atoms. The van der Waals surface area contributed by atoms with Crippen LogP contribution in [0.4, 0.5) is 5.82 Å². The van der Waals surface area contributed by atoms with Crippen molar-refractivity contribution < 1.29 is 0 Å². The van der Waals surface area contributed by atoms with E-state index in [0.29, 0.717) is 16.8 Å². The summed E-state index contributed by atoms with van der Waals surface area (Å²) >= 11 is 5.66. The van der Waals surface area contributed by atoms with Crippen LogP contribution in [0.1, 0.15) is 49.0 Å². The van der Waals surface area contributed by atoms with Crippen LogP contribution < -0.4 is 11.3 Å². The molecule has 11 heteroatoms. The highest BCUT2D eigenvalue weighted by atomic mass is 35.5. The number of nitrogens with one attached hydrogen (secondary N) is 1. The van der Waals surface area contributed by atoms with Gasteiger partial charge in [0.05, 0.1) is 0 Å². The van der Waals surface area contributed by atoms with Gasteiger partial charge in [0.2, 0.25) is 0 Å². The normalized spacial score (nSPS) is 9.38. The molecule has 0 fully saturated rings. The van der Waals surface area contributed by atoms with Gasteiger partial charge >= 0.3 is 0 Å². The Morgan fingerprint density at radius 2 is 1.38 bits per heavy atom. The fraction of sp³-hybridized carbons (Fsp3) is 0.381. The van der Waals surface area contributed by atoms with Crippen molar-refractivity contribution in [2.75, 3.05) is 5.43 Å². The summed E-state index contributed by atoms with van der Waals surface area (Å²) in [5.74, 6) is 8.21. The maximum absolute atomic E-state index is 5.66. The first kappa shape index (κ1) is 28.8. The van der Waals surface area contributed by atoms with E-state index >= 15 is 0 Å². The van der Waals surface area contributed by atoms with Crippen molar-refractivity contribution in [2.24, 2.45) is 5.84 Å². The van der Waals surface area contributed by atoms with Crippen molar-refractivity contribution in [3.63, 3.8) is 0 Å². The number of aromatic nitrogens is 8. The molecule has 4 aromatic rings. The van der Waals surface area contributed by atoms with Crippen LogP contribution in [0.2, 0.25) is 5.15 Å². The Bertz CT molecular complexity index is 1090. The van der Waals surface area contributed by atoms with Gasteiger partial charge in [-0.05, 0) is 41.5 Å². The van der Waals surface area contributed by atoms with Gasteiger partial charge in [-0.1, -0.05) is 26.5 Å². The van der Waals surface area contributed by atoms with Crippen LogP contribution in [0.3, 0.4) is 0 Å². The van der Waals surface area contributed by atoms with E-state index in [2.05, 4.69) is 40.5 Å². The Labute approximate surface area is 194 Å². The lowest BCUT2D eigenvalue weighted by Gasteiger charge is -2.01. The maximum atomic E-state index is 5.66. The molecule has 0 aliphatic rings. The van der Waals surface area contributed by atoms with Crippen LogP contribution in [0.5, 0.6) is 0 Å². The average molecular weight is 461 g/mol. The quantitative estimate of drug-likeness (QED) is 0.244. The van der Waals surface area contributed by atoms with Crippen LogP contribution in [0.15, 0.2) is 24.9 Å². The van der Waals surface area contributed by atoms with E-state index in [-0.39, 0.29) is 14.9 Å². The predicted molar refractivity (Wildman–Crippen MR) is 130 cm³/mol. The van der Waals surface area contributed by atoms with Crippen LogP contribution in [-0.4, -0.2) is 39.5 Å². The second-order valence-corrected chi connectivity index (χ2v) is 6.86. The van der Waals surface area contributed by atoms with Gasteiger partial charge in [0.1, 0.15) is 34.8 Å². The molecule has 0 radical (unpaired) electrons. The molecule has 0 aromatic carbocycles. The fourth-order valence-corrected chi connectivity index (χ4v) is 2.40. The van der Waals surface area contributed by atoms with E-state index < -0.39 is 0 Å². The first-order valence-corrected chi connectivity index (χ1v) is 9.45. The van der Waals surface area contributed by atoms with Crippen LogP contribution in [0, 0.1) is 41.5 Å². The lowest BCUT2D eigenvalue weighted by Crippen LogP contribution is -2.11. The molecule has 0 unspecified atom stereocenters. The van der Waals surface area contributed by atoms with Crippen molar-refractivity contribution in [3.8, 4) is 0 Å². The Morgan fingerprint density at radius 3 is 1.88 bits per heavy atom. The van der Waals surface area contributed by atoms with Crippen LogP contribution in [0.25, 0.3) is 5.65 Å². The Hall–Kier alpha value is -3.24. The number of fused-ring (bicyclic) bond motifs is 1. The van der Waals surface area contributed by atoms with Crippen LogP contribution in [-0.2, 0) is 0 Å². The van der Waals surface area contributed by atoms with E-state index in [1.165, 1.54) is 0 Å². The molecule has 4 heterocycles. The topological polar surface area (TPSA) is 133 Å². The summed E-state index contributed by atoms with van der Waals surface area (Å²) in [6.07, 6.45) is 6.92. The zero-order chi connectivity index (χ0) is 22.3. The van der Waals surface area contributed by atoms with Gasteiger partial charge in [-0.3, -0.25) is 4.40 Å². The number of rotatable bonds is 1. The van der Waals surface area contributed by atoms with Gasteiger partial charge in [0, 0.05) is 35.3 Å². The number of hydrogen-bond donors (Lipinski definition) is 2. The molecule has 0 aliphatic carbocycles. The third-order valence-electron chi connectivity index (χ3n) is 3.95. The molecule has 0 saturated carbocycles. The molecule has 0 bridgehead atoms. The number of hydrogen-bond acceptors (Lipinski definition) is 9. The summed E-state index contributed by atoms with van der Waals surface area (Å²) in [6, 6.07) is 0. The zero-order valence-electron chi connectivity index (χ0n) is 17.8. The third kappa shape index (κ3) is 7.78. The van der Waals surface area contributed by atoms with E-state index in [4.69, 9.17) is 17.4 Å². The van der Waals surface area contributed by atoms with Crippen molar-refractivity contribution >= 4 is 23.1 Å². The SMILES string of the molecule is C.C.Cc1cnc(C)n2cnnc12.Cc1ncc(C)c(Cl)n1.Cc1ncc(C)c(NN)n1. The highest BCUT2D eigenvalue weighted by Crippen LogP contribution is 2.09. The zero-order valence-corrected chi connectivity index (χ0v) is 18.6. The minimum atomic E-state index is 0. The van der Waals surface area contributed by atoms with E-state index in [9.17, 15) is 0 Å². The summed E-state index contributed by atoms with van der Waals surface area (Å²) in [7, 11) is 0. The molecule has 4 rings (SSSR count). The highest BCUT2D eigenvalue weighted by Gasteiger charge is 2.01. The summed E-state index contributed by atoms with van der Waals surface area (Å²) in [6.45, 7) is 11.3. The number of halogens is 1. The van der Waals surface area contributed by atoms with Crippen molar-refractivity contribution in [3.05, 3.63) is 64.2 Å². The minimum Gasteiger partial charge on any atom is -0.308 e. The smallest absolute Gasteiger partial charge is 0.166 e. The standard InChI is InChI=1S/C7H8N4.C6H7ClN2.C6H10N4.2CH4/c1-5-3-8-6(2)11-4-9-10-7(5)11;1-4-3-8-5(2)9-6(4)7;1-4-3-8-5(2)9-6(4)10-7;;/h3-4H,1-2H3;3H,1-2H3;3H,7H2,1-2H3,(H,8,9,10);2*1H4. The highest BCUT2D eigenvalue weighted by molar-refractivity contribution is 6.30. The Kier molecular flexibility index (Phi) is 11.9. The summed E-state index contributed by atoms with van der Waals surface area (Å²) in [5, 5.41) is 8.29. The lowest BCUT2D eigenvalue weighted by molar-refractivity contribution is 0.970. The van der Waals surface area contributed by atoms with E-state index in [0.717, 1.165) is 34.0 Å². The number of aryl methyl sites for hydroxylation is 6. The second-order valence-electron chi connectivity index (χ2n) is 6.50. The predicted octanol–water partition coefficient (Wildman–Crippen LogP) is 4.14. The first-order valence-electron chi connectivity index (χ1n) is 9.07. The van der Waals surface area contributed by atoms with Gasteiger partial charge < -0.3 is 5.43 Å². The molecule has 0 saturated heterocycles.